The first-order valence-corrected chi connectivity index (χ1v) is 14.4. The van der Waals surface area contributed by atoms with Gasteiger partial charge in [-0.15, -0.1) is 5.10 Å². The molecule has 5 aromatic rings. The number of nitrogens with one attached hydrogen (secondary N) is 1. The maximum atomic E-state index is 14.9. The minimum absolute atomic E-state index is 0.0641. The third kappa shape index (κ3) is 5.62. The van der Waals surface area contributed by atoms with Gasteiger partial charge in [-0.3, -0.25) is 9.48 Å². The van der Waals surface area contributed by atoms with E-state index in [2.05, 4.69) is 10.4 Å². The molecular weight excluding hydrogens is 567 g/mol. The number of amides is 1. The zero-order chi connectivity index (χ0) is 31.2. The molecule has 3 aromatic heterocycles. The number of aliphatic hydroxyl groups is 1. The van der Waals surface area contributed by atoms with Crippen molar-refractivity contribution in [1.29, 1.82) is 0 Å². The predicted octanol–water partition coefficient (Wildman–Crippen LogP) is 4.23. The van der Waals surface area contributed by atoms with E-state index in [0.29, 0.717) is 60.1 Å². The summed E-state index contributed by atoms with van der Waals surface area (Å²) in [5.74, 6) is 0.240. The van der Waals surface area contributed by atoms with Crippen molar-refractivity contribution >= 4 is 34.1 Å². The third-order valence-corrected chi connectivity index (χ3v) is 7.78. The minimum atomic E-state index is -0.948. The summed E-state index contributed by atoms with van der Waals surface area (Å²) in [7, 11) is 3.03. The number of aryl methyl sites for hydroxylation is 1. The lowest BCUT2D eigenvalue weighted by atomic mass is 9.96. The van der Waals surface area contributed by atoms with Gasteiger partial charge >= 0.3 is 0 Å². The van der Waals surface area contributed by atoms with Crippen LogP contribution in [0.3, 0.4) is 0 Å². The van der Waals surface area contributed by atoms with Crippen molar-refractivity contribution in [2.45, 2.75) is 58.2 Å². The third-order valence-electron chi connectivity index (χ3n) is 7.78. The van der Waals surface area contributed by atoms with Crippen LogP contribution in [0.1, 0.15) is 49.6 Å². The molecule has 230 valence electrons. The second-order valence-electron chi connectivity index (χ2n) is 11.7. The van der Waals surface area contributed by atoms with Gasteiger partial charge in [-0.05, 0) is 62.9 Å². The Hall–Kier alpha value is -4.78. The highest BCUT2D eigenvalue weighted by atomic mass is 19.1. The van der Waals surface area contributed by atoms with E-state index in [1.54, 1.807) is 42.9 Å². The van der Waals surface area contributed by atoms with Gasteiger partial charge in [-0.1, -0.05) is 6.07 Å². The topological polar surface area (TPSA) is 132 Å². The molecule has 1 amide bonds. The van der Waals surface area contributed by atoms with Crippen molar-refractivity contribution in [3.8, 4) is 11.5 Å². The number of halogens is 1. The van der Waals surface area contributed by atoms with Crippen molar-refractivity contribution in [3.05, 3.63) is 65.5 Å². The monoisotopic (exact) mass is 602 g/mol. The largest absolute Gasteiger partial charge is 0.497 e. The number of fused-ring (bicyclic) bond motifs is 3. The van der Waals surface area contributed by atoms with Crippen molar-refractivity contribution < 1.29 is 23.8 Å². The molecular formula is C31H35FN8O4. The Labute approximate surface area is 253 Å². The molecule has 1 fully saturated rings. The molecule has 2 N–H and O–H groups in total. The summed E-state index contributed by atoms with van der Waals surface area (Å²) < 4.78 is 28.6. The Kier molecular flexibility index (Phi) is 7.58. The fourth-order valence-corrected chi connectivity index (χ4v) is 5.56. The van der Waals surface area contributed by atoms with Gasteiger partial charge in [0.05, 0.1) is 43.8 Å². The van der Waals surface area contributed by atoms with Crippen LogP contribution in [0.4, 0.5) is 16.0 Å². The van der Waals surface area contributed by atoms with E-state index in [9.17, 15) is 14.3 Å². The molecule has 44 heavy (non-hydrogen) atoms. The van der Waals surface area contributed by atoms with Gasteiger partial charge in [0, 0.05) is 30.7 Å². The highest BCUT2D eigenvalue weighted by molar-refractivity contribution is 5.99. The van der Waals surface area contributed by atoms with Gasteiger partial charge in [-0.25, -0.2) is 14.4 Å². The number of nitrogens with zero attached hydrogens (tertiary/aromatic N) is 7. The molecule has 1 atom stereocenters. The van der Waals surface area contributed by atoms with Gasteiger partial charge < -0.3 is 24.8 Å². The standard InChI is InChI=1S/C31H35FN8O4/c1-18-11-21(43-4)9-8-19(18)14-33-30-35-25-13-26(44-5)24(32)12-23(25)28-36-27(37-40(28)30)22-7-6-10-39(29(22)41)20-15-34-38(16-20)17-31(2,3)42/h8-9,11-13,15-16,22,42H,6-7,10,14,17H2,1-5H3,(H,33,35). The molecule has 1 saturated heterocycles. The number of piperidine rings is 1. The van der Waals surface area contributed by atoms with Crippen LogP contribution in [-0.4, -0.2) is 66.7 Å². The highest BCUT2D eigenvalue weighted by Gasteiger charge is 2.35. The highest BCUT2D eigenvalue weighted by Crippen LogP contribution is 2.33. The van der Waals surface area contributed by atoms with E-state index in [4.69, 9.17) is 24.5 Å². The van der Waals surface area contributed by atoms with Crippen LogP contribution in [0.5, 0.6) is 11.5 Å². The Morgan fingerprint density at radius 1 is 1.16 bits per heavy atom. The fourth-order valence-electron chi connectivity index (χ4n) is 5.56. The maximum absolute atomic E-state index is 14.9. The van der Waals surface area contributed by atoms with Gasteiger partial charge in [0.1, 0.15) is 11.7 Å². The van der Waals surface area contributed by atoms with Crippen LogP contribution in [0.2, 0.25) is 0 Å². The summed E-state index contributed by atoms with van der Waals surface area (Å²) in [6.07, 6.45) is 4.67. The molecule has 1 unspecified atom stereocenters. The smallest absolute Gasteiger partial charge is 0.237 e. The zero-order valence-electron chi connectivity index (χ0n) is 25.3. The van der Waals surface area contributed by atoms with Gasteiger partial charge in [0.15, 0.2) is 23.0 Å². The van der Waals surface area contributed by atoms with E-state index in [0.717, 1.165) is 23.3 Å². The number of carbonyl (C=O) groups is 1. The van der Waals surface area contributed by atoms with Crippen molar-refractivity contribution in [2.24, 2.45) is 0 Å². The van der Waals surface area contributed by atoms with Crippen LogP contribution in [0.15, 0.2) is 42.7 Å². The summed E-state index contributed by atoms with van der Waals surface area (Å²) in [5.41, 5.74) is 2.61. The average molecular weight is 603 g/mol. The van der Waals surface area contributed by atoms with Gasteiger partial charge in [-0.2, -0.15) is 9.61 Å². The second kappa shape index (κ2) is 11.4. The second-order valence-corrected chi connectivity index (χ2v) is 11.7. The molecule has 0 radical (unpaired) electrons. The number of hydrogen-bond donors (Lipinski definition) is 2. The van der Waals surface area contributed by atoms with Gasteiger partial charge in [0.2, 0.25) is 11.9 Å². The molecule has 1 aliphatic rings. The van der Waals surface area contributed by atoms with Crippen LogP contribution >= 0.6 is 0 Å². The molecule has 6 rings (SSSR count). The molecule has 0 aliphatic carbocycles. The minimum Gasteiger partial charge on any atom is -0.497 e. The summed E-state index contributed by atoms with van der Waals surface area (Å²) in [5, 5.41) is 23.1. The molecule has 0 saturated carbocycles. The van der Waals surface area contributed by atoms with Crippen LogP contribution in [-0.2, 0) is 17.9 Å². The summed E-state index contributed by atoms with van der Waals surface area (Å²) in [6.45, 7) is 6.65. The normalized spacial score (nSPS) is 15.8. The Morgan fingerprint density at radius 2 is 1.98 bits per heavy atom. The van der Waals surface area contributed by atoms with Crippen LogP contribution in [0, 0.1) is 12.7 Å². The molecule has 1 aliphatic heterocycles. The summed E-state index contributed by atoms with van der Waals surface area (Å²) in [4.78, 5) is 25.0. The molecule has 0 spiro atoms. The number of anilines is 2. The average Bonchev–Trinajstić information content (AvgIpc) is 3.63. The first-order valence-electron chi connectivity index (χ1n) is 14.4. The van der Waals surface area contributed by atoms with Crippen LogP contribution in [0.25, 0.3) is 16.6 Å². The van der Waals surface area contributed by atoms with E-state index in [1.807, 2.05) is 25.1 Å². The van der Waals surface area contributed by atoms with Crippen molar-refractivity contribution in [1.82, 2.24) is 29.4 Å². The number of methoxy groups -OCH3 is 2. The maximum Gasteiger partial charge on any atom is 0.237 e. The number of carbonyl (C=O) groups excluding carboxylic acids is 1. The Balaban J connectivity index is 1.37. The van der Waals surface area contributed by atoms with E-state index in [-0.39, 0.29) is 11.7 Å². The molecule has 4 heterocycles. The Morgan fingerprint density at radius 3 is 2.70 bits per heavy atom. The number of hydrogen-bond acceptors (Lipinski definition) is 9. The van der Waals surface area contributed by atoms with E-state index in [1.165, 1.54) is 23.8 Å². The lowest BCUT2D eigenvalue weighted by Crippen LogP contribution is -2.40. The van der Waals surface area contributed by atoms with Gasteiger partial charge in [0.25, 0.3) is 0 Å². The van der Waals surface area contributed by atoms with Crippen LogP contribution < -0.4 is 19.7 Å². The fraction of sp³-hybridized carbons (Fsp3) is 0.387. The lowest BCUT2D eigenvalue weighted by Gasteiger charge is -2.30. The zero-order valence-corrected chi connectivity index (χ0v) is 25.3. The first-order chi connectivity index (χ1) is 21.0. The SMILES string of the molecule is COc1ccc(CNc2nc3cc(OC)c(F)cc3c3nc(C4CCCN(c5cnn(CC(C)(C)O)c5)C4=O)nn23)c(C)c1. The lowest BCUT2D eigenvalue weighted by molar-refractivity contribution is -0.121. The number of ether oxygens (including phenoxy) is 2. The molecule has 2 aromatic carbocycles. The van der Waals surface area contributed by atoms with Crippen molar-refractivity contribution in [2.75, 3.05) is 31.0 Å². The summed E-state index contributed by atoms with van der Waals surface area (Å²) >= 11 is 0. The number of rotatable bonds is 9. The van der Waals surface area contributed by atoms with E-state index >= 15 is 0 Å². The number of aromatic nitrogens is 6. The Bertz CT molecular complexity index is 1860. The summed E-state index contributed by atoms with van der Waals surface area (Å²) in [6, 6.07) is 8.68. The van der Waals surface area contributed by atoms with E-state index < -0.39 is 17.3 Å². The quantitative estimate of drug-likeness (QED) is 0.254. The van der Waals surface area contributed by atoms with Crippen molar-refractivity contribution in [3.63, 3.8) is 0 Å². The molecule has 0 bridgehead atoms. The first kappa shape index (κ1) is 29.3. The predicted molar refractivity (Wildman–Crippen MR) is 163 cm³/mol. The molecule has 13 heteroatoms. The molecule has 12 nitrogen and oxygen atoms in total. The number of benzene rings is 2.